The lowest BCUT2D eigenvalue weighted by molar-refractivity contribution is -0.166. The number of rotatable bonds is 10. The number of nitrogens with one attached hydrogen (secondary N) is 2. The summed E-state index contributed by atoms with van der Waals surface area (Å²) in [4.78, 5) is 43.6. The molecule has 1 spiro atoms. The van der Waals surface area contributed by atoms with Crippen LogP contribution in [-0.2, 0) is 16.1 Å². The summed E-state index contributed by atoms with van der Waals surface area (Å²) in [5.74, 6) is 1.71. The second kappa shape index (κ2) is 14.1. The number of amides is 3. The van der Waals surface area contributed by atoms with Crippen LogP contribution in [0.5, 0.6) is 11.5 Å². The molecule has 238 valence electrons. The molecule has 9 heteroatoms. The van der Waals surface area contributed by atoms with E-state index in [2.05, 4.69) is 29.4 Å². The summed E-state index contributed by atoms with van der Waals surface area (Å²) < 4.78 is 5.96. The van der Waals surface area contributed by atoms with Gasteiger partial charge in [0.05, 0.1) is 6.10 Å². The minimum Gasteiger partial charge on any atom is -0.457 e. The molecule has 1 saturated carbocycles. The minimum absolute atomic E-state index is 0.0516. The van der Waals surface area contributed by atoms with Crippen LogP contribution in [0.4, 0.5) is 0 Å². The zero-order chi connectivity index (χ0) is 31.3. The van der Waals surface area contributed by atoms with Gasteiger partial charge in [-0.25, -0.2) is 0 Å². The number of nitrogens with zero attached hydrogens (tertiary/aromatic N) is 2. The number of aliphatic hydroxyl groups is 1. The van der Waals surface area contributed by atoms with E-state index in [1.54, 1.807) is 31.3 Å². The van der Waals surface area contributed by atoms with Crippen molar-refractivity contribution in [2.24, 2.45) is 11.8 Å². The summed E-state index contributed by atoms with van der Waals surface area (Å²) in [5.41, 5.74) is 0.861. The predicted molar refractivity (Wildman–Crippen MR) is 169 cm³/mol. The molecule has 2 aromatic rings. The van der Waals surface area contributed by atoms with Gasteiger partial charge in [0.1, 0.15) is 23.1 Å². The van der Waals surface area contributed by atoms with Crippen molar-refractivity contribution in [3.8, 4) is 11.5 Å². The number of piperidine rings is 1. The van der Waals surface area contributed by atoms with Gasteiger partial charge in [-0.3, -0.25) is 19.3 Å². The number of hydrogen-bond donors (Lipinski definition) is 3. The largest absolute Gasteiger partial charge is 0.457 e. The van der Waals surface area contributed by atoms with E-state index in [9.17, 15) is 19.5 Å². The molecule has 0 unspecified atom stereocenters. The van der Waals surface area contributed by atoms with Crippen molar-refractivity contribution >= 4 is 17.7 Å². The number of benzene rings is 2. The molecule has 2 aliphatic heterocycles. The molecule has 2 atom stereocenters. The number of carbonyl (C=O) groups is 3. The molecular formula is C35H48N4O5. The first kappa shape index (κ1) is 32.0. The Bertz CT molecular complexity index is 1280. The lowest BCUT2D eigenvalue weighted by atomic mass is 9.76. The van der Waals surface area contributed by atoms with E-state index in [1.807, 2.05) is 29.2 Å². The summed E-state index contributed by atoms with van der Waals surface area (Å²) >= 11 is 0. The molecule has 3 fully saturated rings. The fraction of sp³-hybridized carbons (Fsp3) is 0.571. The average Bonchev–Trinajstić information content (AvgIpc) is 3.04. The van der Waals surface area contributed by atoms with E-state index < -0.39 is 17.7 Å². The molecule has 2 aromatic carbocycles. The van der Waals surface area contributed by atoms with E-state index in [0.717, 1.165) is 50.6 Å². The molecule has 2 saturated heterocycles. The quantitative estimate of drug-likeness (QED) is 0.369. The summed E-state index contributed by atoms with van der Waals surface area (Å²) in [5, 5.41) is 16.9. The third-order valence-electron chi connectivity index (χ3n) is 9.97. The number of aliphatic hydroxyl groups excluding tert-OH is 1. The van der Waals surface area contributed by atoms with Crippen molar-refractivity contribution in [1.82, 2.24) is 20.4 Å². The maximum absolute atomic E-state index is 13.9. The number of likely N-dealkylation sites (tertiary alicyclic amines) is 1. The normalized spacial score (nSPS) is 24.5. The average molecular weight is 605 g/mol. The van der Waals surface area contributed by atoms with Gasteiger partial charge in [-0.05, 0) is 85.9 Å². The van der Waals surface area contributed by atoms with E-state index in [-0.39, 0.29) is 23.6 Å². The van der Waals surface area contributed by atoms with Gasteiger partial charge in [-0.15, -0.1) is 0 Å². The highest BCUT2D eigenvalue weighted by Gasteiger charge is 2.55. The van der Waals surface area contributed by atoms with Gasteiger partial charge in [0.2, 0.25) is 11.8 Å². The van der Waals surface area contributed by atoms with Crippen molar-refractivity contribution in [2.45, 2.75) is 89.4 Å². The Morgan fingerprint density at radius 3 is 2.23 bits per heavy atom. The van der Waals surface area contributed by atoms with Crippen LogP contribution in [0.25, 0.3) is 0 Å². The molecule has 0 aromatic heterocycles. The Morgan fingerprint density at radius 2 is 1.64 bits per heavy atom. The maximum atomic E-state index is 13.9. The van der Waals surface area contributed by atoms with Crippen molar-refractivity contribution in [3.05, 3.63) is 59.7 Å². The topological polar surface area (TPSA) is 111 Å². The van der Waals surface area contributed by atoms with E-state index in [4.69, 9.17) is 4.74 Å². The third kappa shape index (κ3) is 6.94. The smallest absolute Gasteiger partial charge is 0.251 e. The molecule has 0 radical (unpaired) electrons. The van der Waals surface area contributed by atoms with Crippen molar-refractivity contribution in [1.29, 1.82) is 0 Å². The van der Waals surface area contributed by atoms with E-state index in [1.165, 1.54) is 0 Å². The molecule has 2 heterocycles. The lowest BCUT2D eigenvalue weighted by Crippen LogP contribution is -2.75. The van der Waals surface area contributed by atoms with Gasteiger partial charge in [0.25, 0.3) is 5.91 Å². The van der Waals surface area contributed by atoms with Crippen LogP contribution in [-0.4, -0.2) is 77.0 Å². The van der Waals surface area contributed by atoms with Crippen LogP contribution in [0.3, 0.4) is 0 Å². The molecule has 9 nitrogen and oxygen atoms in total. The highest BCUT2D eigenvalue weighted by atomic mass is 16.5. The molecule has 0 bridgehead atoms. The summed E-state index contributed by atoms with van der Waals surface area (Å²) in [7, 11) is 1.60. The molecular weight excluding hydrogens is 556 g/mol. The van der Waals surface area contributed by atoms with Gasteiger partial charge in [0.15, 0.2) is 0 Å². The van der Waals surface area contributed by atoms with Gasteiger partial charge < -0.3 is 25.4 Å². The van der Waals surface area contributed by atoms with Crippen molar-refractivity contribution in [2.75, 3.05) is 26.7 Å². The van der Waals surface area contributed by atoms with Gasteiger partial charge in [-0.2, -0.15) is 0 Å². The molecule has 3 aliphatic rings. The van der Waals surface area contributed by atoms with Gasteiger partial charge in [-0.1, -0.05) is 45.2 Å². The molecule has 3 amide bonds. The lowest BCUT2D eigenvalue weighted by Gasteiger charge is -2.52. The van der Waals surface area contributed by atoms with Gasteiger partial charge in [0, 0.05) is 38.8 Å². The van der Waals surface area contributed by atoms with Crippen LogP contribution < -0.4 is 15.4 Å². The molecule has 3 N–H and O–H groups in total. The number of ether oxygens (including phenoxy) is 1. The second-order valence-corrected chi connectivity index (χ2v) is 13.0. The number of piperazine rings is 1. The Hall–Kier alpha value is -3.43. The first-order chi connectivity index (χ1) is 21.2. The molecule has 1 aliphatic carbocycles. The van der Waals surface area contributed by atoms with Crippen molar-refractivity contribution < 1.29 is 24.2 Å². The Kier molecular flexibility index (Phi) is 10.3. The van der Waals surface area contributed by atoms with E-state index in [0.29, 0.717) is 55.5 Å². The summed E-state index contributed by atoms with van der Waals surface area (Å²) in [6.07, 6.45) is 5.99. The Morgan fingerprint density at radius 1 is 1.02 bits per heavy atom. The van der Waals surface area contributed by atoms with Crippen LogP contribution in [0, 0.1) is 11.8 Å². The fourth-order valence-corrected chi connectivity index (χ4v) is 7.06. The highest BCUT2D eigenvalue weighted by molar-refractivity contribution is 6.00. The maximum Gasteiger partial charge on any atom is 0.251 e. The van der Waals surface area contributed by atoms with E-state index >= 15 is 0 Å². The summed E-state index contributed by atoms with van der Waals surface area (Å²) in [6, 6.07) is 14.1. The monoisotopic (exact) mass is 604 g/mol. The van der Waals surface area contributed by atoms with Crippen LogP contribution >= 0.6 is 0 Å². The third-order valence-corrected chi connectivity index (χ3v) is 9.97. The number of unbranched alkanes of at least 4 members (excludes halogenated alkanes) is 1. The summed E-state index contributed by atoms with van der Waals surface area (Å²) in [6.45, 7) is 7.02. The highest BCUT2D eigenvalue weighted by Crippen LogP contribution is 2.37. The molecule has 44 heavy (non-hydrogen) atoms. The molecule has 5 rings (SSSR count). The van der Waals surface area contributed by atoms with Gasteiger partial charge >= 0.3 is 0 Å². The van der Waals surface area contributed by atoms with Crippen LogP contribution in [0.2, 0.25) is 0 Å². The van der Waals surface area contributed by atoms with Crippen LogP contribution in [0.15, 0.2) is 48.5 Å². The number of hydrogen-bond acceptors (Lipinski definition) is 6. The second-order valence-electron chi connectivity index (χ2n) is 13.0. The first-order valence-electron chi connectivity index (χ1n) is 16.4. The standard InChI is InChI=1S/C35H48N4O5/c1-4-5-20-39-33(42)30(31(40)26-10-6-24(2)7-11-26)37-34(43)35(39)18-21-38(22-19-35)23-25-8-14-28(15-9-25)44-29-16-12-27(13-17-29)32(41)36-3/h8-9,12-17,24,26,30-31,40H,4-7,10-11,18-23H2,1-3H3,(H,36,41)(H,37,43)/t24?,26?,30-,31-/m1/s1. The van der Waals surface area contributed by atoms with Crippen molar-refractivity contribution in [3.63, 3.8) is 0 Å². The Labute approximate surface area is 261 Å². The number of carbonyl (C=O) groups excluding carboxylic acids is 3. The minimum atomic E-state index is -0.856. The zero-order valence-electron chi connectivity index (χ0n) is 26.4. The fourth-order valence-electron chi connectivity index (χ4n) is 7.06. The van der Waals surface area contributed by atoms with Crippen LogP contribution in [0.1, 0.15) is 81.1 Å². The SMILES string of the molecule is CCCCN1C(=O)[C@@H]([C@H](O)C2CCC(C)CC2)NC(=O)C12CCN(Cc1ccc(Oc3ccc(C(=O)NC)cc3)cc1)CC2. The Balaban J connectivity index is 1.19. The predicted octanol–water partition coefficient (Wildman–Crippen LogP) is 4.49. The zero-order valence-corrected chi connectivity index (χ0v) is 26.4. The first-order valence-corrected chi connectivity index (χ1v) is 16.4.